The highest BCUT2D eigenvalue weighted by Crippen LogP contribution is 2.64. The smallest absolute Gasteiger partial charge is 0.231 e. The highest BCUT2D eigenvalue weighted by atomic mass is 16.7. The van der Waals surface area contributed by atoms with Gasteiger partial charge in [0.2, 0.25) is 6.79 Å². The van der Waals surface area contributed by atoms with Crippen LogP contribution in [0.25, 0.3) is 0 Å². The van der Waals surface area contributed by atoms with Crippen molar-refractivity contribution in [2.24, 2.45) is 46.8 Å². The Kier molecular flexibility index (Phi) is 6.05. The number of carbonyl (C=O) groups is 1. The Labute approximate surface area is 194 Å². The molecule has 0 saturated heterocycles. The van der Waals surface area contributed by atoms with Crippen molar-refractivity contribution in [3.63, 3.8) is 0 Å². The number of fused-ring (bicyclic) bond motifs is 6. The van der Waals surface area contributed by atoms with E-state index in [1.807, 2.05) is 32.0 Å². The summed E-state index contributed by atoms with van der Waals surface area (Å²) in [5.74, 6) is 7.48. The van der Waals surface area contributed by atoms with Crippen molar-refractivity contribution in [2.45, 2.75) is 85.5 Å². The topological polar surface area (TPSA) is 35.5 Å². The second-order valence-corrected chi connectivity index (χ2v) is 11.5. The summed E-state index contributed by atoms with van der Waals surface area (Å²) in [4.78, 5) is 13.6. The molecule has 0 amide bonds. The van der Waals surface area contributed by atoms with E-state index in [0.717, 1.165) is 59.0 Å². The first-order valence-corrected chi connectivity index (χ1v) is 13.5. The van der Waals surface area contributed by atoms with Crippen LogP contribution in [0.2, 0.25) is 0 Å². The van der Waals surface area contributed by atoms with Crippen LogP contribution >= 0.6 is 0 Å². The number of ether oxygens (including phenoxy) is 2. The molecule has 1 aromatic rings. The molecule has 4 saturated carbocycles. The zero-order chi connectivity index (χ0) is 22.5. The summed E-state index contributed by atoms with van der Waals surface area (Å²) in [7, 11) is 0. The molecule has 4 fully saturated rings. The first-order valence-electron chi connectivity index (χ1n) is 13.5. The van der Waals surface area contributed by atoms with E-state index in [1.54, 1.807) is 0 Å². The van der Waals surface area contributed by atoms with Crippen molar-refractivity contribution >= 4 is 5.78 Å². The van der Waals surface area contributed by atoms with E-state index >= 15 is 0 Å². The standard InChI is InChI=1S/C27H36O3.C2H6/c1-16-3-6-19-17(13-16)4-7-21-20(19)11-12-27(2)22(21)8-9-23(27)26(28)18-5-10-24-25(14-18)30-15-29-24;1-2/h5,10,14,16-17,19-23H,3-4,6-9,11-13,15H2,1-2H3;1-2H3. The molecular formula is C29H42O3. The molecule has 0 spiro atoms. The van der Waals surface area contributed by atoms with E-state index in [0.29, 0.717) is 5.78 Å². The number of benzene rings is 1. The summed E-state index contributed by atoms with van der Waals surface area (Å²) < 4.78 is 11.0. The van der Waals surface area contributed by atoms with Crippen LogP contribution in [0.15, 0.2) is 18.2 Å². The van der Waals surface area contributed by atoms with Gasteiger partial charge >= 0.3 is 0 Å². The molecule has 3 nitrogen and oxygen atoms in total. The van der Waals surface area contributed by atoms with Gasteiger partial charge in [-0.3, -0.25) is 4.79 Å². The number of rotatable bonds is 2. The predicted octanol–water partition coefficient (Wildman–Crippen LogP) is 7.53. The Morgan fingerprint density at radius 3 is 2.53 bits per heavy atom. The molecule has 3 heteroatoms. The maximum Gasteiger partial charge on any atom is 0.231 e. The summed E-state index contributed by atoms with van der Waals surface area (Å²) in [6, 6.07) is 5.78. The van der Waals surface area contributed by atoms with E-state index in [1.165, 1.54) is 51.4 Å². The van der Waals surface area contributed by atoms with Crippen molar-refractivity contribution < 1.29 is 14.3 Å². The highest BCUT2D eigenvalue weighted by Gasteiger charge is 2.58. The fraction of sp³-hybridized carbons (Fsp3) is 0.759. The minimum Gasteiger partial charge on any atom is -0.454 e. The molecular weight excluding hydrogens is 396 g/mol. The van der Waals surface area contributed by atoms with Crippen molar-refractivity contribution in [2.75, 3.05) is 6.79 Å². The third kappa shape index (κ3) is 3.49. The van der Waals surface area contributed by atoms with Gasteiger partial charge in [-0.2, -0.15) is 0 Å². The van der Waals surface area contributed by atoms with E-state index in [-0.39, 0.29) is 18.1 Å². The minimum atomic E-state index is 0.174. The molecule has 0 bridgehead atoms. The zero-order valence-corrected chi connectivity index (χ0v) is 20.6. The molecule has 0 N–H and O–H groups in total. The Bertz CT molecular complexity index is 847. The minimum absolute atomic E-state index is 0.174. The Balaban J connectivity index is 0.00000105. The molecule has 4 aliphatic carbocycles. The number of hydrogen-bond acceptors (Lipinski definition) is 3. The second kappa shape index (κ2) is 8.69. The van der Waals surface area contributed by atoms with Crippen LogP contribution in [-0.2, 0) is 0 Å². The van der Waals surface area contributed by atoms with Crippen molar-refractivity contribution in [3.05, 3.63) is 23.8 Å². The fourth-order valence-corrected chi connectivity index (χ4v) is 8.77. The summed E-state index contributed by atoms with van der Waals surface area (Å²) in [6.45, 7) is 9.19. The molecule has 6 rings (SSSR count). The molecule has 5 aliphatic rings. The van der Waals surface area contributed by atoms with Crippen LogP contribution in [0, 0.1) is 46.8 Å². The Morgan fingerprint density at radius 1 is 0.906 bits per heavy atom. The summed E-state index contributed by atoms with van der Waals surface area (Å²) in [5, 5.41) is 0. The molecule has 176 valence electrons. The summed E-state index contributed by atoms with van der Waals surface area (Å²) in [5.41, 5.74) is 1.00. The molecule has 1 aliphatic heterocycles. The first kappa shape index (κ1) is 22.3. The van der Waals surface area contributed by atoms with Crippen molar-refractivity contribution in [1.82, 2.24) is 0 Å². The van der Waals surface area contributed by atoms with Gasteiger partial charge in [0.05, 0.1) is 0 Å². The number of hydrogen-bond donors (Lipinski definition) is 0. The molecule has 1 heterocycles. The third-order valence-corrected chi connectivity index (χ3v) is 10.2. The first-order chi connectivity index (χ1) is 15.5. The van der Waals surface area contributed by atoms with Gasteiger partial charge in [-0.05, 0) is 110 Å². The average molecular weight is 439 g/mol. The molecule has 0 radical (unpaired) electrons. The lowest BCUT2D eigenvalue weighted by molar-refractivity contribution is -0.0634. The van der Waals surface area contributed by atoms with E-state index in [9.17, 15) is 4.79 Å². The van der Waals surface area contributed by atoms with Gasteiger partial charge in [0, 0.05) is 11.5 Å². The van der Waals surface area contributed by atoms with E-state index in [2.05, 4.69) is 13.8 Å². The van der Waals surface area contributed by atoms with Crippen molar-refractivity contribution in [1.29, 1.82) is 0 Å². The summed E-state index contributed by atoms with van der Waals surface area (Å²) >= 11 is 0. The van der Waals surface area contributed by atoms with Gasteiger partial charge in [-0.1, -0.05) is 34.1 Å². The largest absolute Gasteiger partial charge is 0.454 e. The maximum absolute atomic E-state index is 13.6. The third-order valence-electron chi connectivity index (χ3n) is 10.2. The highest BCUT2D eigenvalue weighted by molar-refractivity contribution is 5.99. The van der Waals surface area contributed by atoms with Crippen LogP contribution in [0.3, 0.4) is 0 Å². The summed E-state index contributed by atoms with van der Waals surface area (Å²) in [6.07, 6.45) is 12.2. The zero-order valence-electron chi connectivity index (χ0n) is 20.6. The molecule has 8 atom stereocenters. The van der Waals surface area contributed by atoms with Crippen LogP contribution in [0.4, 0.5) is 0 Å². The monoisotopic (exact) mass is 438 g/mol. The second-order valence-electron chi connectivity index (χ2n) is 11.5. The van der Waals surface area contributed by atoms with Crippen LogP contribution in [0.1, 0.15) is 95.8 Å². The number of Topliss-reactive ketones (excluding diaryl/α,β-unsaturated/α-hetero) is 1. The molecule has 8 unspecified atom stereocenters. The van der Waals surface area contributed by atoms with E-state index in [4.69, 9.17) is 9.47 Å². The maximum atomic E-state index is 13.6. The Hall–Kier alpha value is -1.51. The quantitative estimate of drug-likeness (QED) is 0.448. The normalized spacial score (nSPS) is 41.6. The van der Waals surface area contributed by atoms with Crippen LogP contribution in [0.5, 0.6) is 11.5 Å². The molecule has 0 aromatic heterocycles. The van der Waals surface area contributed by atoms with Gasteiger partial charge in [0.15, 0.2) is 17.3 Å². The van der Waals surface area contributed by atoms with E-state index < -0.39 is 0 Å². The fourth-order valence-electron chi connectivity index (χ4n) is 8.77. The number of carbonyl (C=O) groups excluding carboxylic acids is 1. The molecule has 1 aromatic carbocycles. The molecule has 32 heavy (non-hydrogen) atoms. The SMILES string of the molecule is CC.CC1CCC2C(CCC3C2CCC2(C)C(C(=O)c4ccc5c(c4)OCO5)CCC32)C1. The van der Waals surface area contributed by atoms with Gasteiger partial charge in [-0.15, -0.1) is 0 Å². The average Bonchev–Trinajstić information content (AvgIpc) is 3.43. The lowest BCUT2D eigenvalue weighted by Gasteiger charge is -2.56. The van der Waals surface area contributed by atoms with Crippen LogP contribution < -0.4 is 9.47 Å². The lowest BCUT2D eigenvalue weighted by atomic mass is 9.49. The van der Waals surface area contributed by atoms with Gasteiger partial charge in [0.1, 0.15) is 0 Å². The van der Waals surface area contributed by atoms with Gasteiger partial charge < -0.3 is 9.47 Å². The van der Waals surface area contributed by atoms with Gasteiger partial charge in [-0.25, -0.2) is 0 Å². The van der Waals surface area contributed by atoms with Crippen LogP contribution in [-0.4, -0.2) is 12.6 Å². The predicted molar refractivity (Wildman–Crippen MR) is 128 cm³/mol. The Morgan fingerprint density at radius 2 is 1.69 bits per heavy atom. The number of ketones is 1. The van der Waals surface area contributed by atoms with Crippen molar-refractivity contribution in [3.8, 4) is 11.5 Å². The van der Waals surface area contributed by atoms with Gasteiger partial charge in [0.25, 0.3) is 0 Å². The lowest BCUT2D eigenvalue weighted by Crippen LogP contribution is -2.49.